The predicted molar refractivity (Wildman–Crippen MR) is 56.9 cm³/mol. The Bertz CT molecular complexity index is 469. The summed E-state index contributed by atoms with van der Waals surface area (Å²) in [5.41, 5.74) is 2.74. The van der Waals surface area contributed by atoms with E-state index in [1.807, 2.05) is 30.3 Å². The third-order valence-electron chi connectivity index (χ3n) is 2.34. The summed E-state index contributed by atoms with van der Waals surface area (Å²) in [7, 11) is 0. The molecule has 3 nitrogen and oxygen atoms in total. The van der Waals surface area contributed by atoms with Crippen LogP contribution in [0.15, 0.2) is 24.3 Å². The van der Waals surface area contributed by atoms with Crippen molar-refractivity contribution in [2.45, 2.75) is 13.0 Å². The van der Waals surface area contributed by atoms with Crippen LogP contribution in [0.1, 0.15) is 27.9 Å². The Labute approximate surface area is 88.0 Å². The minimum Gasteiger partial charge on any atom is -0.348 e. The summed E-state index contributed by atoms with van der Waals surface area (Å²) in [6.45, 7) is 0.621. The highest BCUT2D eigenvalue weighted by molar-refractivity contribution is 5.98. The summed E-state index contributed by atoms with van der Waals surface area (Å²) in [4.78, 5) is 11.4. The standard InChI is InChI=1S/C12H10N2O/c13-6-2-1-3-9-4-5-10-8-14-12(15)11(10)7-9/h1,3-5,7H,2,8H2,(H,14,15). The quantitative estimate of drug-likeness (QED) is 0.788. The van der Waals surface area contributed by atoms with Crippen molar-refractivity contribution in [1.82, 2.24) is 5.32 Å². The van der Waals surface area contributed by atoms with Gasteiger partial charge in [0.2, 0.25) is 0 Å². The van der Waals surface area contributed by atoms with Gasteiger partial charge in [-0.3, -0.25) is 4.79 Å². The number of hydrogen-bond acceptors (Lipinski definition) is 2. The number of benzene rings is 1. The van der Waals surface area contributed by atoms with Gasteiger partial charge in [-0.1, -0.05) is 24.3 Å². The summed E-state index contributed by atoms with van der Waals surface area (Å²) in [6.07, 6.45) is 4.03. The zero-order chi connectivity index (χ0) is 10.7. The molecule has 0 aromatic heterocycles. The van der Waals surface area contributed by atoms with Gasteiger partial charge < -0.3 is 5.32 Å². The van der Waals surface area contributed by atoms with Crippen LogP contribution in [-0.2, 0) is 6.54 Å². The highest BCUT2D eigenvalue weighted by Crippen LogP contribution is 2.17. The minimum atomic E-state index is -0.0134. The maximum Gasteiger partial charge on any atom is 0.251 e. The van der Waals surface area contributed by atoms with E-state index in [4.69, 9.17) is 5.26 Å². The van der Waals surface area contributed by atoms with Crippen LogP contribution in [0.4, 0.5) is 0 Å². The zero-order valence-electron chi connectivity index (χ0n) is 8.16. The van der Waals surface area contributed by atoms with Gasteiger partial charge in [0, 0.05) is 12.1 Å². The summed E-state index contributed by atoms with van der Waals surface area (Å²) >= 11 is 0. The van der Waals surface area contributed by atoms with E-state index in [2.05, 4.69) is 5.32 Å². The Morgan fingerprint density at radius 2 is 2.40 bits per heavy atom. The van der Waals surface area contributed by atoms with Crippen LogP contribution in [0.25, 0.3) is 6.08 Å². The molecule has 1 amide bonds. The number of carbonyl (C=O) groups excluding carboxylic acids is 1. The van der Waals surface area contributed by atoms with Gasteiger partial charge in [-0.05, 0) is 17.2 Å². The second kappa shape index (κ2) is 3.97. The SMILES string of the molecule is N#CCC=Cc1ccc2c(c1)C(=O)NC2. The lowest BCUT2D eigenvalue weighted by atomic mass is 10.1. The number of hydrogen-bond donors (Lipinski definition) is 1. The van der Waals surface area contributed by atoms with Crippen molar-refractivity contribution in [3.05, 3.63) is 41.0 Å². The molecule has 74 valence electrons. The normalized spacial score (nSPS) is 13.7. The fraction of sp³-hybridized carbons (Fsp3) is 0.167. The molecule has 0 atom stereocenters. The molecule has 1 N–H and O–H groups in total. The average molecular weight is 198 g/mol. The molecule has 1 aromatic carbocycles. The Morgan fingerprint density at radius 3 is 3.20 bits per heavy atom. The van der Waals surface area contributed by atoms with Crippen LogP contribution in [0.3, 0.4) is 0 Å². The lowest BCUT2D eigenvalue weighted by Gasteiger charge is -1.97. The molecule has 0 bridgehead atoms. The first-order valence-electron chi connectivity index (χ1n) is 4.76. The van der Waals surface area contributed by atoms with Crippen molar-refractivity contribution in [3.8, 4) is 6.07 Å². The van der Waals surface area contributed by atoms with Crippen molar-refractivity contribution in [3.63, 3.8) is 0 Å². The van der Waals surface area contributed by atoms with Gasteiger partial charge in [0.1, 0.15) is 0 Å². The fourth-order valence-electron chi connectivity index (χ4n) is 1.58. The highest BCUT2D eigenvalue weighted by atomic mass is 16.1. The van der Waals surface area contributed by atoms with E-state index in [1.54, 1.807) is 6.08 Å². The van der Waals surface area contributed by atoms with Crippen LogP contribution in [0.5, 0.6) is 0 Å². The summed E-state index contributed by atoms with van der Waals surface area (Å²) in [5, 5.41) is 11.1. The molecule has 1 heterocycles. The highest BCUT2D eigenvalue weighted by Gasteiger charge is 2.17. The van der Waals surface area contributed by atoms with E-state index in [0.29, 0.717) is 13.0 Å². The fourth-order valence-corrected chi connectivity index (χ4v) is 1.58. The summed E-state index contributed by atoms with van der Waals surface area (Å²) in [5.74, 6) is -0.0134. The van der Waals surface area contributed by atoms with Gasteiger partial charge >= 0.3 is 0 Å². The molecule has 0 radical (unpaired) electrons. The van der Waals surface area contributed by atoms with E-state index in [0.717, 1.165) is 16.7 Å². The first kappa shape index (κ1) is 9.47. The van der Waals surface area contributed by atoms with Gasteiger partial charge in [0.25, 0.3) is 5.91 Å². The van der Waals surface area contributed by atoms with Crippen LogP contribution in [0, 0.1) is 11.3 Å². The second-order valence-electron chi connectivity index (χ2n) is 3.36. The Kier molecular flexibility index (Phi) is 2.51. The molecule has 15 heavy (non-hydrogen) atoms. The number of amides is 1. The van der Waals surface area contributed by atoms with Crippen molar-refractivity contribution in [2.75, 3.05) is 0 Å². The number of nitrogens with zero attached hydrogens (tertiary/aromatic N) is 1. The summed E-state index contributed by atoms with van der Waals surface area (Å²) < 4.78 is 0. The Balaban J connectivity index is 2.26. The maximum absolute atomic E-state index is 11.4. The van der Waals surface area contributed by atoms with Gasteiger partial charge in [0.15, 0.2) is 0 Å². The van der Waals surface area contributed by atoms with Crippen LogP contribution in [0.2, 0.25) is 0 Å². The van der Waals surface area contributed by atoms with Gasteiger partial charge in [0.05, 0.1) is 12.5 Å². The molecule has 2 rings (SSSR count). The van der Waals surface area contributed by atoms with Gasteiger partial charge in [-0.2, -0.15) is 5.26 Å². The number of rotatable bonds is 2. The molecular weight excluding hydrogens is 188 g/mol. The number of carbonyl (C=O) groups is 1. The third kappa shape index (κ3) is 1.89. The number of nitriles is 1. The van der Waals surface area contributed by atoms with Crippen molar-refractivity contribution in [2.24, 2.45) is 0 Å². The number of fused-ring (bicyclic) bond motifs is 1. The van der Waals surface area contributed by atoms with E-state index >= 15 is 0 Å². The Morgan fingerprint density at radius 1 is 1.53 bits per heavy atom. The lowest BCUT2D eigenvalue weighted by molar-refractivity contribution is 0.0965. The first-order chi connectivity index (χ1) is 7.31. The van der Waals surface area contributed by atoms with Crippen LogP contribution in [-0.4, -0.2) is 5.91 Å². The van der Waals surface area contributed by atoms with E-state index in [-0.39, 0.29) is 5.91 Å². The van der Waals surface area contributed by atoms with Gasteiger partial charge in [-0.25, -0.2) is 0 Å². The third-order valence-corrected chi connectivity index (χ3v) is 2.34. The second-order valence-corrected chi connectivity index (χ2v) is 3.36. The number of allylic oxidation sites excluding steroid dienone is 1. The Hall–Kier alpha value is -2.08. The molecule has 1 aromatic rings. The van der Waals surface area contributed by atoms with Crippen molar-refractivity contribution in [1.29, 1.82) is 5.26 Å². The topological polar surface area (TPSA) is 52.9 Å². The molecule has 0 aliphatic carbocycles. The monoisotopic (exact) mass is 198 g/mol. The zero-order valence-corrected chi connectivity index (χ0v) is 8.16. The smallest absolute Gasteiger partial charge is 0.251 e. The molecule has 1 aliphatic heterocycles. The molecule has 3 heteroatoms. The molecule has 0 fully saturated rings. The van der Waals surface area contributed by atoms with E-state index < -0.39 is 0 Å². The molecule has 0 saturated carbocycles. The molecule has 0 saturated heterocycles. The maximum atomic E-state index is 11.4. The van der Waals surface area contributed by atoms with E-state index in [9.17, 15) is 4.79 Å². The molecule has 0 spiro atoms. The molecular formula is C12H10N2O. The predicted octanol–water partition coefficient (Wildman–Crippen LogP) is 1.86. The molecule has 1 aliphatic rings. The van der Waals surface area contributed by atoms with Gasteiger partial charge in [-0.15, -0.1) is 0 Å². The van der Waals surface area contributed by atoms with E-state index in [1.165, 1.54) is 0 Å². The average Bonchev–Trinajstić information content (AvgIpc) is 2.61. The largest absolute Gasteiger partial charge is 0.348 e. The van der Waals surface area contributed by atoms with Crippen molar-refractivity contribution < 1.29 is 4.79 Å². The lowest BCUT2D eigenvalue weighted by Crippen LogP contribution is -2.12. The first-order valence-corrected chi connectivity index (χ1v) is 4.76. The van der Waals surface area contributed by atoms with Crippen LogP contribution >= 0.6 is 0 Å². The van der Waals surface area contributed by atoms with Crippen molar-refractivity contribution >= 4 is 12.0 Å². The number of nitrogens with one attached hydrogen (secondary N) is 1. The minimum absolute atomic E-state index is 0.0134. The summed E-state index contributed by atoms with van der Waals surface area (Å²) in [6, 6.07) is 7.78. The molecule has 0 unspecified atom stereocenters. The van der Waals surface area contributed by atoms with Crippen LogP contribution < -0.4 is 5.32 Å².